The summed E-state index contributed by atoms with van der Waals surface area (Å²) < 4.78 is 44.2. The molecule has 1 aliphatic rings. The van der Waals surface area contributed by atoms with E-state index in [1.807, 2.05) is 27.7 Å². The van der Waals surface area contributed by atoms with Gasteiger partial charge in [0.05, 0.1) is 39.1 Å². The Morgan fingerprint density at radius 2 is 1.86 bits per heavy atom. The second-order valence-electron chi connectivity index (χ2n) is 9.88. The van der Waals surface area contributed by atoms with Gasteiger partial charge < -0.3 is 15.0 Å². The highest BCUT2D eigenvalue weighted by Gasteiger charge is 2.35. The summed E-state index contributed by atoms with van der Waals surface area (Å²) in [5.41, 5.74) is 0.0865. The molecule has 0 unspecified atom stereocenters. The zero-order valence-corrected chi connectivity index (χ0v) is 22.7. The van der Waals surface area contributed by atoms with Gasteiger partial charge >= 0.3 is 0 Å². The van der Waals surface area contributed by atoms with Crippen molar-refractivity contribution in [2.45, 2.75) is 90.8 Å². The van der Waals surface area contributed by atoms with E-state index in [9.17, 15) is 19.1 Å². The molecule has 3 aromatic rings. The lowest BCUT2D eigenvalue weighted by molar-refractivity contribution is -0.0361. The Bertz CT molecular complexity index is 1310. The van der Waals surface area contributed by atoms with Gasteiger partial charge in [0, 0.05) is 30.5 Å². The van der Waals surface area contributed by atoms with Crippen molar-refractivity contribution in [2.75, 3.05) is 5.32 Å². The van der Waals surface area contributed by atoms with E-state index in [1.54, 1.807) is 24.5 Å². The van der Waals surface area contributed by atoms with Crippen molar-refractivity contribution in [3.63, 3.8) is 0 Å². The molecule has 6 nitrogen and oxygen atoms in total. The molecule has 1 saturated carbocycles. The van der Waals surface area contributed by atoms with Crippen molar-refractivity contribution in [3.8, 4) is 17.3 Å². The number of halogens is 4. The van der Waals surface area contributed by atoms with Crippen LogP contribution in [0.25, 0.3) is 22.2 Å². The van der Waals surface area contributed by atoms with Crippen LogP contribution in [0.4, 0.5) is 19.1 Å². The molecule has 0 aliphatic heterocycles. The van der Waals surface area contributed by atoms with Crippen LogP contribution in [0.1, 0.15) is 84.5 Å². The molecule has 0 radical (unpaired) electrons. The highest BCUT2D eigenvalue weighted by molar-refractivity contribution is 6.33. The molecule has 1 aromatic carbocycles. The fraction of sp³-hybridized carbons (Fsp3) is 0.519. The summed E-state index contributed by atoms with van der Waals surface area (Å²) >= 11 is 6.38. The average molecular weight is 536 g/mol. The van der Waals surface area contributed by atoms with Crippen molar-refractivity contribution >= 4 is 28.5 Å². The van der Waals surface area contributed by atoms with Crippen LogP contribution >= 0.6 is 11.6 Å². The molecule has 1 aliphatic carbocycles. The Labute approximate surface area is 220 Å². The predicted molar refractivity (Wildman–Crippen MR) is 140 cm³/mol. The van der Waals surface area contributed by atoms with Crippen molar-refractivity contribution in [3.05, 3.63) is 40.4 Å². The van der Waals surface area contributed by atoms with E-state index >= 15 is 4.39 Å². The van der Waals surface area contributed by atoms with Gasteiger partial charge in [-0.15, -0.1) is 0 Å². The first-order chi connectivity index (χ1) is 17.3. The minimum atomic E-state index is -2.65. The first-order valence-electron chi connectivity index (χ1n) is 12.5. The molecule has 1 fully saturated rings. The molecule has 2 aromatic heterocycles. The first-order valence-corrected chi connectivity index (χ1v) is 12.9. The van der Waals surface area contributed by atoms with E-state index in [-0.39, 0.29) is 65.4 Å². The fourth-order valence-corrected chi connectivity index (χ4v) is 4.98. The number of anilines is 1. The summed E-state index contributed by atoms with van der Waals surface area (Å²) in [4.78, 5) is 8.63. The van der Waals surface area contributed by atoms with Gasteiger partial charge in [0.15, 0.2) is 0 Å². The van der Waals surface area contributed by atoms with Crippen molar-refractivity contribution < 1.29 is 18.3 Å². The van der Waals surface area contributed by atoms with Gasteiger partial charge in [0.1, 0.15) is 17.5 Å². The number of alkyl halides is 2. The van der Waals surface area contributed by atoms with Crippen LogP contribution in [0.5, 0.6) is 0 Å². The van der Waals surface area contributed by atoms with E-state index in [0.717, 1.165) is 0 Å². The van der Waals surface area contributed by atoms with Gasteiger partial charge in [-0.1, -0.05) is 25.4 Å². The van der Waals surface area contributed by atoms with Gasteiger partial charge in [-0.3, -0.25) is 0 Å². The van der Waals surface area contributed by atoms with Crippen molar-refractivity contribution in [1.29, 1.82) is 5.26 Å². The number of nitrogens with zero attached hydrogens (tertiary/aromatic N) is 4. The monoisotopic (exact) mass is 535 g/mol. The molecule has 0 spiro atoms. The highest BCUT2D eigenvalue weighted by Crippen LogP contribution is 2.40. The zero-order valence-electron chi connectivity index (χ0n) is 22.0. The van der Waals surface area contributed by atoms with Gasteiger partial charge in [0.2, 0.25) is 11.9 Å². The Morgan fingerprint density at radius 3 is 2.41 bits per heavy atom. The van der Waals surface area contributed by atoms with Crippen LogP contribution < -0.4 is 5.32 Å². The summed E-state index contributed by atoms with van der Waals surface area (Å²) in [7, 11) is 0. The molecule has 10 heteroatoms. The third-order valence-corrected chi connectivity index (χ3v) is 6.61. The summed E-state index contributed by atoms with van der Waals surface area (Å²) in [5, 5.41) is 24.0. The maximum atomic E-state index is 15.5. The molecule has 0 atom stereocenters. The fourth-order valence-electron chi connectivity index (χ4n) is 4.78. The Hall–Kier alpha value is -2.83. The van der Waals surface area contributed by atoms with Gasteiger partial charge in [0.25, 0.3) is 0 Å². The van der Waals surface area contributed by atoms with E-state index < -0.39 is 17.3 Å². The zero-order chi connectivity index (χ0) is 27.7. The minimum absolute atomic E-state index is 0.0792. The Kier molecular flexibility index (Phi) is 8.45. The third kappa shape index (κ3) is 5.86. The lowest BCUT2D eigenvalue weighted by Crippen LogP contribution is -2.32. The predicted octanol–water partition coefficient (Wildman–Crippen LogP) is 7.59. The maximum Gasteiger partial charge on any atom is 0.248 e. The number of benzene rings is 1. The second-order valence-corrected chi connectivity index (χ2v) is 10.3. The molecular weight excluding hydrogens is 503 g/mol. The standard InChI is InChI=1S/C25H27ClF3N5O.C2H6/c1-13(2)34-19-10-14(9-18(27)20(19)16(11-30)22(34)24(3,4)35)21-17(26)12-31-23(33-21)32-15-5-7-25(28,29)8-6-15;1-2/h9-10,12-13,15,35H,5-8H2,1-4H3,(H,31,32,33);1-2H3. The van der Waals surface area contributed by atoms with E-state index in [0.29, 0.717) is 16.8 Å². The third-order valence-electron chi connectivity index (χ3n) is 6.33. The number of rotatable bonds is 5. The summed E-state index contributed by atoms with van der Waals surface area (Å²) in [6, 6.07) is 4.61. The highest BCUT2D eigenvalue weighted by atomic mass is 35.5. The van der Waals surface area contributed by atoms with Crippen LogP contribution in [-0.2, 0) is 5.60 Å². The first kappa shape index (κ1) is 28.7. The Morgan fingerprint density at radius 1 is 1.24 bits per heavy atom. The number of nitriles is 1. The smallest absolute Gasteiger partial charge is 0.248 e. The molecule has 2 heterocycles. The number of fused-ring (bicyclic) bond motifs is 1. The molecule has 200 valence electrons. The molecule has 4 rings (SSSR count). The molecule has 0 bridgehead atoms. The number of aliphatic hydroxyl groups is 1. The molecular formula is C27H33ClF3N5O. The lowest BCUT2D eigenvalue weighted by atomic mass is 9.92. The summed E-state index contributed by atoms with van der Waals surface area (Å²) in [6.45, 7) is 10.9. The van der Waals surface area contributed by atoms with Crippen LogP contribution in [0, 0.1) is 17.1 Å². The Balaban J connectivity index is 0.00000186. The molecule has 0 amide bonds. The number of hydrogen-bond donors (Lipinski definition) is 2. The summed E-state index contributed by atoms with van der Waals surface area (Å²) in [5.74, 6) is -3.07. The second kappa shape index (κ2) is 10.9. The van der Waals surface area contributed by atoms with Crippen molar-refractivity contribution in [2.24, 2.45) is 0 Å². The van der Waals surface area contributed by atoms with E-state index in [2.05, 4.69) is 21.4 Å². The van der Waals surface area contributed by atoms with Crippen molar-refractivity contribution in [1.82, 2.24) is 14.5 Å². The number of hydrogen-bond acceptors (Lipinski definition) is 5. The normalized spacial score (nSPS) is 15.9. The topological polar surface area (TPSA) is 86.8 Å². The number of nitrogens with one attached hydrogen (secondary N) is 1. The molecule has 37 heavy (non-hydrogen) atoms. The van der Waals surface area contributed by atoms with Crippen LogP contribution in [0.3, 0.4) is 0 Å². The van der Waals surface area contributed by atoms with Crippen LogP contribution in [0.15, 0.2) is 18.3 Å². The van der Waals surface area contributed by atoms with E-state index in [1.165, 1.54) is 12.3 Å². The maximum absolute atomic E-state index is 15.5. The van der Waals surface area contributed by atoms with Crippen LogP contribution in [-0.4, -0.2) is 31.6 Å². The summed E-state index contributed by atoms with van der Waals surface area (Å²) in [6.07, 6.45) is 1.55. The van der Waals surface area contributed by atoms with Gasteiger partial charge in [-0.05, 0) is 52.7 Å². The van der Waals surface area contributed by atoms with E-state index in [4.69, 9.17) is 11.6 Å². The van der Waals surface area contributed by atoms with Crippen LogP contribution in [0.2, 0.25) is 5.02 Å². The average Bonchev–Trinajstić information content (AvgIpc) is 3.18. The number of aromatic nitrogens is 3. The quantitative estimate of drug-likeness (QED) is 0.351. The van der Waals surface area contributed by atoms with Gasteiger partial charge in [-0.2, -0.15) is 5.26 Å². The minimum Gasteiger partial charge on any atom is -0.384 e. The van der Waals surface area contributed by atoms with Gasteiger partial charge in [-0.25, -0.2) is 23.1 Å². The lowest BCUT2D eigenvalue weighted by Gasteiger charge is -2.28. The SMILES string of the molecule is CC.CC(C)n1c(C(C)(C)O)c(C#N)c2c(F)cc(-c3nc(NC4CCC(F)(F)CC4)ncc3Cl)cc21. The molecule has 2 N–H and O–H groups in total. The molecule has 0 saturated heterocycles. The largest absolute Gasteiger partial charge is 0.384 e.